The van der Waals surface area contributed by atoms with E-state index in [0.717, 1.165) is 5.56 Å². The first-order valence-corrected chi connectivity index (χ1v) is 12.5. The van der Waals surface area contributed by atoms with E-state index in [2.05, 4.69) is 15.3 Å². The van der Waals surface area contributed by atoms with Crippen molar-refractivity contribution in [1.29, 1.82) is 0 Å². The van der Waals surface area contributed by atoms with Crippen LogP contribution in [-0.2, 0) is 16.6 Å². The molecule has 0 saturated heterocycles. The van der Waals surface area contributed by atoms with Gasteiger partial charge in [0.15, 0.2) is 10.9 Å². The maximum atomic E-state index is 12.9. The summed E-state index contributed by atoms with van der Waals surface area (Å²) in [6.07, 6.45) is 1.40. The van der Waals surface area contributed by atoms with Gasteiger partial charge in [-0.05, 0) is 29.8 Å². The average molecular weight is 491 g/mol. The Morgan fingerprint density at radius 3 is 2.41 bits per heavy atom. The highest BCUT2D eigenvalue weighted by Crippen LogP contribution is 2.23. The highest BCUT2D eigenvalue weighted by molar-refractivity contribution is 7.99. The maximum absolute atomic E-state index is 12.9. The topological polar surface area (TPSA) is 92.3 Å². The molecule has 1 N–H and O–H groups in total. The molecule has 32 heavy (non-hydrogen) atoms. The normalized spacial score (nSPS) is 11.7. The van der Waals surface area contributed by atoms with Gasteiger partial charge in [-0.3, -0.25) is 4.79 Å². The highest BCUT2D eigenvalue weighted by atomic mass is 35.5. The fourth-order valence-electron chi connectivity index (χ4n) is 2.78. The van der Waals surface area contributed by atoms with Gasteiger partial charge in [0.1, 0.15) is 0 Å². The zero-order valence-corrected chi connectivity index (χ0v) is 20.2. The predicted octanol–water partition coefficient (Wildman–Crippen LogP) is 4.70. The van der Waals surface area contributed by atoms with Crippen molar-refractivity contribution in [1.82, 2.24) is 14.3 Å². The largest absolute Gasteiger partial charge is 0.321 e. The summed E-state index contributed by atoms with van der Waals surface area (Å²) in [6.45, 7) is 4.25. The molecule has 0 aliphatic heterocycles. The Hall–Kier alpha value is -2.46. The van der Waals surface area contributed by atoms with Gasteiger partial charge < -0.3 is 5.32 Å². The number of carbonyl (C=O) groups excluding carboxylic acids is 1. The molecular formula is C22H23ClN4O3S2. The molecule has 0 bridgehead atoms. The fraction of sp³-hybridized carbons (Fsp3) is 0.227. The summed E-state index contributed by atoms with van der Waals surface area (Å²) >= 11 is 7.52. The average Bonchev–Trinajstić information content (AvgIpc) is 2.75. The van der Waals surface area contributed by atoms with E-state index in [1.807, 2.05) is 44.2 Å². The van der Waals surface area contributed by atoms with Crippen molar-refractivity contribution >= 4 is 45.0 Å². The van der Waals surface area contributed by atoms with Gasteiger partial charge in [-0.2, -0.15) is 4.31 Å². The lowest BCUT2D eigenvalue weighted by Gasteiger charge is -2.17. The van der Waals surface area contributed by atoms with Crippen molar-refractivity contribution in [2.75, 3.05) is 12.4 Å². The van der Waals surface area contributed by atoms with E-state index in [1.165, 1.54) is 53.6 Å². The summed E-state index contributed by atoms with van der Waals surface area (Å²) in [6, 6.07) is 15.3. The van der Waals surface area contributed by atoms with Gasteiger partial charge in [0, 0.05) is 24.5 Å². The number of halogens is 1. The summed E-state index contributed by atoms with van der Waals surface area (Å²) < 4.78 is 27.0. The minimum Gasteiger partial charge on any atom is -0.321 e. The molecular weight excluding hydrogens is 468 g/mol. The molecule has 1 heterocycles. The van der Waals surface area contributed by atoms with Gasteiger partial charge in [0.25, 0.3) is 5.91 Å². The van der Waals surface area contributed by atoms with Crippen LogP contribution in [0.5, 0.6) is 0 Å². The molecule has 3 aromatic rings. The number of carbonyl (C=O) groups is 1. The molecule has 0 aliphatic rings. The quantitative estimate of drug-likeness (QED) is 0.363. The Morgan fingerprint density at radius 1 is 1.12 bits per heavy atom. The minimum absolute atomic E-state index is 0.0594. The number of amides is 1. The molecule has 10 heteroatoms. The summed E-state index contributed by atoms with van der Waals surface area (Å²) in [7, 11) is -2.15. The van der Waals surface area contributed by atoms with E-state index >= 15 is 0 Å². The van der Waals surface area contributed by atoms with Crippen LogP contribution in [0.3, 0.4) is 0 Å². The lowest BCUT2D eigenvalue weighted by molar-refractivity contribution is 0.102. The third-order valence-electron chi connectivity index (χ3n) is 4.35. The molecule has 0 aliphatic carbocycles. The summed E-state index contributed by atoms with van der Waals surface area (Å²) in [5, 5.41) is 3.54. The number of sulfonamides is 1. The van der Waals surface area contributed by atoms with E-state index in [-0.39, 0.29) is 27.4 Å². The maximum Gasteiger partial charge on any atom is 0.275 e. The number of aromatic nitrogens is 2. The SMILES string of the molecule is CC(C)Sc1ncc(Cl)c(C(=O)Nc2ccc(S(=O)(=O)N(C)Cc3ccccc3)cc2)n1. The number of hydrogen-bond donors (Lipinski definition) is 1. The van der Waals surface area contributed by atoms with Crippen LogP contribution in [0.4, 0.5) is 5.69 Å². The van der Waals surface area contributed by atoms with E-state index in [0.29, 0.717) is 10.8 Å². The standard InChI is InChI=1S/C22H23ClN4O3S2/c1-15(2)31-22-24-13-19(23)20(26-22)21(28)25-17-9-11-18(12-10-17)32(29,30)27(3)14-16-7-5-4-6-8-16/h4-13,15H,14H2,1-3H3,(H,25,28). The van der Waals surface area contributed by atoms with Crippen LogP contribution >= 0.6 is 23.4 Å². The summed E-state index contributed by atoms with van der Waals surface area (Å²) in [5.74, 6) is -0.500. The van der Waals surface area contributed by atoms with Crippen LogP contribution in [-0.4, -0.2) is 40.9 Å². The predicted molar refractivity (Wildman–Crippen MR) is 128 cm³/mol. The first-order valence-electron chi connectivity index (χ1n) is 9.77. The molecule has 3 rings (SSSR count). The molecule has 0 unspecified atom stereocenters. The lowest BCUT2D eigenvalue weighted by Crippen LogP contribution is -2.26. The van der Waals surface area contributed by atoms with Gasteiger partial charge in [-0.25, -0.2) is 18.4 Å². The van der Waals surface area contributed by atoms with Crippen LogP contribution in [0, 0.1) is 0 Å². The van der Waals surface area contributed by atoms with Gasteiger partial charge in [0.05, 0.1) is 16.1 Å². The lowest BCUT2D eigenvalue weighted by atomic mass is 10.2. The van der Waals surface area contributed by atoms with Crippen molar-refractivity contribution in [2.45, 2.75) is 35.7 Å². The Bertz CT molecular complexity index is 1190. The molecule has 0 atom stereocenters. The zero-order chi connectivity index (χ0) is 23.3. The second-order valence-electron chi connectivity index (χ2n) is 7.24. The first kappa shape index (κ1) is 24.2. The summed E-state index contributed by atoms with van der Waals surface area (Å²) in [4.78, 5) is 21.1. The Balaban J connectivity index is 1.72. The number of nitrogens with zero attached hydrogens (tertiary/aromatic N) is 3. The van der Waals surface area contributed by atoms with E-state index in [4.69, 9.17) is 11.6 Å². The first-order chi connectivity index (χ1) is 15.2. The van der Waals surface area contributed by atoms with E-state index in [9.17, 15) is 13.2 Å². The van der Waals surface area contributed by atoms with Crippen LogP contribution in [0.15, 0.2) is 70.8 Å². The van der Waals surface area contributed by atoms with Crippen LogP contribution in [0.2, 0.25) is 5.02 Å². The van der Waals surface area contributed by atoms with Crippen LogP contribution < -0.4 is 5.32 Å². The van der Waals surface area contributed by atoms with Crippen LogP contribution in [0.25, 0.3) is 0 Å². The molecule has 1 aromatic heterocycles. The molecule has 0 spiro atoms. The molecule has 0 radical (unpaired) electrons. The highest BCUT2D eigenvalue weighted by Gasteiger charge is 2.21. The van der Waals surface area contributed by atoms with Gasteiger partial charge in [0.2, 0.25) is 10.0 Å². The van der Waals surface area contributed by atoms with Crippen molar-refractivity contribution in [2.24, 2.45) is 0 Å². The fourth-order valence-corrected chi connectivity index (χ4v) is 4.80. The molecule has 0 saturated carbocycles. The van der Waals surface area contributed by atoms with E-state index in [1.54, 1.807) is 0 Å². The van der Waals surface area contributed by atoms with Crippen molar-refractivity contribution < 1.29 is 13.2 Å². The molecule has 2 aromatic carbocycles. The minimum atomic E-state index is -3.68. The second-order valence-corrected chi connectivity index (χ2v) is 11.2. The molecule has 168 valence electrons. The van der Waals surface area contributed by atoms with Gasteiger partial charge in [-0.1, -0.05) is 67.5 Å². The molecule has 0 fully saturated rings. The molecule has 7 nitrogen and oxygen atoms in total. The van der Waals surface area contributed by atoms with Gasteiger partial charge >= 0.3 is 0 Å². The Kier molecular flexibility index (Phi) is 7.89. The van der Waals surface area contributed by atoms with Crippen LogP contribution in [0.1, 0.15) is 29.9 Å². The number of hydrogen-bond acceptors (Lipinski definition) is 6. The third-order valence-corrected chi connectivity index (χ3v) is 7.32. The third kappa shape index (κ3) is 6.07. The van der Waals surface area contributed by atoms with Crippen molar-refractivity contribution in [3.8, 4) is 0 Å². The van der Waals surface area contributed by atoms with Crippen molar-refractivity contribution in [3.63, 3.8) is 0 Å². The monoisotopic (exact) mass is 490 g/mol. The van der Waals surface area contributed by atoms with E-state index < -0.39 is 15.9 Å². The Labute approximate surface area is 197 Å². The molecule has 1 amide bonds. The zero-order valence-electron chi connectivity index (χ0n) is 17.8. The second kappa shape index (κ2) is 10.4. The number of anilines is 1. The number of benzene rings is 2. The number of thioether (sulfide) groups is 1. The van der Waals surface area contributed by atoms with Crippen molar-refractivity contribution in [3.05, 3.63) is 77.1 Å². The Morgan fingerprint density at radius 2 is 1.78 bits per heavy atom. The smallest absolute Gasteiger partial charge is 0.275 e. The number of nitrogens with one attached hydrogen (secondary N) is 1. The summed E-state index contributed by atoms with van der Waals surface area (Å²) in [5.41, 5.74) is 1.37. The number of rotatable bonds is 8. The van der Waals surface area contributed by atoms with Gasteiger partial charge in [-0.15, -0.1) is 0 Å².